The number of aromatic nitrogens is 3. The summed E-state index contributed by atoms with van der Waals surface area (Å²) in [6.07, 6.45) is 3.88. The molecule has 5 rings (SSSR count). The molecule has 0 spiro atoms. The van der Waals surface area contributed by atoms with Gasteiger partial charge >= 0.3 is 0 Å². The van der Waals surface area contributed by atoms with Crippen LogP contribution in [0.3, 0.4) is 0 Å². The zero-order valence-electron chi connectivity index (χ0n) is 17.5. The van der Waals surface area contributed by atoms with E-state index in [4.69, 9.17) is 5.73 Å². The van der Waals surface area contributed by atoms with Crippen molar-refractivity contribution in [2.45, 2.75) is 25.8 Å². The van der Waals surface area contributed by atoms with Gasteiger partial charge < -0.3 is 10.6 Å². The largest absolute Gasteiger partial charge is 0.352 e. The molecule has 1 aliphatic rings. The van der Waals surface area contributed by atoms with Crippen molar-refractivity contribution in [3.63, 3.8) is 0 Å². The van der Waals surface area contributed by atoms with E-state index in [1.165, 1.54) is 5.56 Å². The van der Waals surface area contributed by atoms with Crippen molar-refractivity contribution < 1.29 is 0 Å². The Bertz CT molecular complexity index is 1260. The highest BCUT2D eigenvalue weighted by atomic mass is 15.3. The molecular weight excluding hydrogens is 384 g/mol. The van der Waals surface area contributed by atoms with Crippen LogP contribution >= 0.6 is 0 Å². The van der Waals surface area contributed by atoms with Gasteiger partial charge in [-0.05, 0) is 49.1 Å². The summed E-state index contributed by atoms with van der Waals surface area (Å²) in [5.41, 5.74) is 13.4. The number of hydrogen-bond donors (Lipinski definition) is 1. The zero-order valence-corrected chi connectivity index (χ0v) is 17.5. The van der Waals surface area contributed by atoms with Gasteiger partial charge in [0.15, 0.2) is 5.82 Å². The number of piperidine rings is 1. The molecule has 2 aromatic heterocycles. The summed E-state index contributed by atoms with van der Waals surface area (Å²) in [5.74, 6) is 0.867. The highest BCUT2D eigenvalue weighted by Gasteiger charge is 2.23. The van der Waals surface area contributed by atoms with Crippen LogP contribution in [-0.2, 0) is 0 Å². The van der Waals surface area contributed by atoms with Crippen LogP contribution in [0.15, 0.2) is 60.9 Å². The molecule has 0 aliphatic carbocycles. The standard InChI is InChI=1S/C25H24N6/c1-17-4-8-20(9-5-17)24-22(19-10-6-18(14-26)7-11-19)13-23-25(29-28-16-31(23)24)30-12-2-3-21(27)15-30/h4-11,13,16,21H,2-3,12,15,27H2,1H3/t21-/m1/s1. The Balaban J connectivity index is 1.74. The molecule has 4 aromatic rings. The van der Waals surface area contributed by atoms with Gasteiger partial charge in [0.2, 0.25) is 0 Å². The second-order valence-corrected chi connectivity index (χ2v) is 8.22. The van der Waals surface area contributed by atoms with E-state index in [1.54, 1.807) is 6.33 Å². The summed E-state index contributed by atoms with van der Waals surface area (Å²) in [6.45, 7) is 3.80. The van der Waals surface area contributed by atoms with Crippen LogP contribution in [0.1, 0.15) is 24.0 Å². The maximum absolute atomic E-state index is 9.19. The monoisotopic (exact) mass is 408 g/mol. The normalized spacial score (nSPS) is 16.4. The molecule has 6 heteroatoms. The first-order chi connectivity index (χ1) is 15.1. The number of rotatable bonds is 3. The van der Waals surface area contributed by atoms with E-state index < -0.39 is 0 Å². The molecule has 1 saturated heterocycles. The van der Waals surface area contributed by atoms with Crippen molar-refractivity contribution >= 4 is 11.3 Å². The third-order valence-corrected chi connectivity index (χ3v) is 5.99. The first kappa shape index (κ1) is 19.3. The van der Waals surface area contributed by atoms with Crippen molar-refractivity contribution in [2.24, 2.45) is 5.73 Å². The van der Waals surface area contributed by atoms with Gasteiger partial charge in [-0.3, -0.25) is 4.40 Å². The summed E-state index contributed by atoms with van der Waals surface area (Å²) < 4.78 is 2.13. The van der Waals surface area contributed by atoms with Crippen molar-refractivity contribution in [1.82, 2.24) is 14.6 Å². The Kier molecular flexibility index (Phi) is 4.89. The Hall–Kier alpha value is -3.69. The third-order valence-electron chi connectivity index (χ3n) is 5.99. The number of benzene rings is 2. The van der Waals surface area contributed by atoms with Gasteiger partial charge in [0, 0.05) is 24.7 Å². The van der Waals surface area contributed by atoms with Crippen molar-refractivity contribution in [3.8, 4) is 28.5 Å². The molecule has 154 valence electrons. The van der Waals surface area contributed by atoms with E-state index >= 15 is 0 Å². The number of nitrogens with zero attached hydrogens (tertiary/aromatic N) is 5. The minimum atomic E-state index is 0.153. The van der Waals surface area contributed by atoms with E-state index in [0.717, 1.165) is 59.7 Å². The molecule has 2 aromatic carbocycles. The van der Waals surface area contributed by atoms with Gasteiger partial charge in [0.1, 0.15) is 6.33 Å². The van der Waals surface area contributed by atoms with Gasteiger partial charge in [-0.15, -0.1) is 10.2 Å². The molecule has 31 heavy (non-hydrogen) atoms. The molecule has 0 radical (unpaired) electrons. The van der Waals surface area contributed by atoms with Crippen molar-refractivity contribution in [2.75, 3.05) is 18.0 Å². The van der Waals surface area contributed by atoms with Gasteiger partial charge in [0.05, 0.1) is 22.8 Å². The van der Waals surface area contributed by atoms with Gasteiger partial charge in [-0.25, -0.2) is 0 Å². The zero-order chi connectivity index (χ0) is 21.4. The highest BCUT2D eigenvalue weighted by Crippen LogP contribution is 2.38. The van der Waals surface area contributed by atoms with E-state index in [2.05, 4.69) is 62.8 Å². The molecule has 0 amide bonds. The summed E-state index contributed by atoms with van der Waals surface area (Å²) >= 11 is 0. The Labute approximate surface area is 181 Å². The lowest BCUT2D eigenvalue weighted by Crippen LogP contribution is -2.43. The van der Waals surface area contributed by atoms with E-state index in [1.807, 2.05) is 24.3 Å². The fourth-order valence-electron chi connectivity index (χ4n) is 4.38. The van der Waals surface area contributed by atoms with Gasteiger partial charge in [-0.2, -0.15) is 5.26 Å². The molecule has 1 atom stereocenters. The highest BCUT2D eigenvalue weighted by molar-refractivity contribution is 5.90. The summed E-state index contributed by atoms with van der Waals surface area (Å²) in [6, 6.07) is 20.8. The summed E-state index contributed by atoms with van der Waals surface area (Å²) in [7, 11) is 0. The first-order valence-corrected chi connectivity index (χ1v) is 10.6. The Morgan fingerprint density at radius 3 is 2.52 bits per heavy atom. The predicted molar refractivity (Wildman–Crippen MR) is 123 cm³/mol. The molecule has 6 nitrogen and oxygen atoms in total. The van der Waals surface area contributed by atoms with Crippen LogP contribution < -0.4 is 10.6 Å². The molecule has 2 N–H and O–H groups in total. The summed E-state index contributed by atoms with van der Waals surface area (Å²) in [5, 5.41) is 18.0. The number of nitriles is 1. The van der Waals surface area contributed by atoms with Crippen LogP contribution in [0.4, 0.5) is 5.82 Å². The molecule has 0 saturated carbocycles. The molecule has 0 unspecified atom stereocenters. The molecule has 1 fully saturated rings. The topological polar surface area (TPSA) is 83.2 Å². The summed E-state index contributed by atoms with van der Waals surface area (Å²) in [4.78, 5) is 2.25. The molecule has 0 bridgehead atoms. The number of fused-ring (bicyclic) bond motifs is 1. The molecule has 1 aliphatic heterocycles. The second kappa shape index (κ2) is 7.86. The first-order valence-electron chi connectivity index (χ1n) is 10.6. The minimum absolute atomic E-state index is 0.153. The average Bonchev–Trinajstić information content (AvgIpc) is 3.19. The fourth-order valence-corrected chi connectivity index (χ4v) is 4.38. The van der Waals surface area contributed by atoms with Gasteiger partial charge in [-0.1, -0.05) is 42.0 Å². The predicted octanol–water partition coefficient (Wildman–Crippen LogP) is 4.17. The molecule has 3 heterocycles. The second-order valence-electron chi connectivity index (χ2n) is 8.22. The van der Waals surface area contributed by atoms with Crippen molar-refractivity contribution in [1.29, 1.82) is 5.26 Å². The van der Waals surface area contributed by atoms with E-state index in [-0.39, 0.29) is 6.04 Å². The maximum Gasteiger partial charge on any atom is 0.175 e. The van der Waals surface area contributed by atoms with Gasteiger partial charge in [0.25, 0.3) is 0 Å². The maximum atomic E-state index is 9.19. The SMILES string of the molecule is Cc1ccc(-c2c(-c3ccc(C#N)cc3)cc3c(N4CCC[C@@H](N)C4)nncn23)cc1. The lowest BCUT2D eigenvalue weighted by atomic mass is 10.00. The van der Waals surface area contributed by atoms with Crippen LogP contribution in [-0.4, -0.2) is 33.7 Å². The molecular formula is C25H24N6. The third kappa shape index (κ3) is 3.54. The quantitative estimate of drug-likeness (QED) is 0.550. The smallest absolute Gasteiger partial charge is 0.175 e. The lowest BCUT2D eigenvalue weighted by Gasteiger charge is -2.31. The Morgan fingerprint density at radius 1 is 1.06 bits per heavy atom. The minimum Gasteiger partial charge on any atom is -0.352 e. The number of hydrogen-bond acceptors (Lipinski definition) is 5. The number of anilines is 1. The van der Waals surface area contributed by atoms with Crippen LogP contribution in [0.25, 0.3) is 27.9 Å². The van der Waals surface area contributed by atoms with Crippen LogP contribution in [0, 0.1) is 18.3 Å². The van der Waals surface area contributed by atoms with E-state index in [9.17, 15) is 5.26 Å². The average molecular weight is 409 g/mol. The number of aryl methyl sites for hydroxylation is 1. The van der Waals surface area contributed by atoms with Crippen LogP contribution in [0.2, 0.25) is 0 Å². The van der Waals surface area contributed by atoms with Crippen LogP contribution in [0.5, 0.6) is 0 Å². The van der Waals surface area contributed by atoms with E-state index in [0.29, 0.717) is 5.56 Å². The fraction of sp³-hybridized carbons (Fsp3) is 0.240. The van der Waals surface area contributed by atoms with Crippen molar-refractivity contribution in [3.05, 3.63) is 72.1 Å². The Morgan fingerprint density at radius 2 is 1.81 bits per heavy atom. The number of nitrogens with two attached hydrogens (primary N) is 1. The lowest BCUT2D eigenvalue weighted by molar-refractivity contribution is 0.502.